The maximum Gasteiger partial charge on any atom is 0.296 e. The van der Waals surface area contributed by atoms with Gasteiger partial charge in [-0.3, -0.25) is 14.9 Å². The number of amides is 1. The lowest BCUT2D eigenvalue weighted by Crippen LogP contribution is -2.37. The van der Waals surface area contributed by atoms with Crippen LogP contribution in [-0.2, 0) is 14.8 Å². The van der Waals surface area contributed by atoms with Crippen LogP contribution in [0.25, 0.3) is 21.4 Å². The van der Waals surface area contributed by atoms with Gasteiger partial charge in [-0.05, 0) is 30.4 Å². The molecule has 3 aromatic heterocycles. The van der Waals surface area contributed by atoms with Crippen molar-refractivity contribution in [2.45, 2.75) is 4.90 Å². The van der Waals surface area contributed by atoms with Crippen LogP contribution in [0.5, 0.6) is 0 Å². The second-order valence-electron chi connectivity index (χ2n) is 7.72. The second-order valence-corrected chi connectivity index (χ2v) is 11.0. The Kier molecular flexibility index (Phi) is 6.73. The number of hydrogen-bond donors (Lipinski definition) is 4. The molecule has 0 unspecified atom stereocenters. The Hall–Kier alpha value is -4.81. The minimum absolute atomic E-state index is 0.0270. The number of anilines is 3. The number of carbonyl (C=O) groups is 1. The highest BCUT2D eigenvalue weighted by molar-refractivity contribution is 7.90. The standard InChI is InChI=1S/C21H16N10O5S3/c22-19-27-17(16-18(28-19)30(10-24-16)39(35,36)11-5-2-1-3-6-11)23-9-14(32)25-20(37)29-21-26-15-12(31(33)34)7-4-8-13(15)38-21/h1-8,10H,9H2,(H3,22,23,27,28)(H2,25,26,29,32,37). The fraction of sp³-hybridized carbons (Fsp3) is 0.0476. The van der Waals surface area contributed by atoms with Crippen molar-refractivity contribution in [2.24, 2.45) is 0 Å². The van der Waals surface area contributed by atoms with E-state index in [0.717, 1.165) is 21.6 Å². The third kappa shape index (κ3) is 5.15. The number of para-hydroxylation sites is 1. The van der Waals surface area contributed by atoms with Crippen LogP contribution in [-0.4, -0.2) is 54.8 Å². The van der Waals surface area contributed by atoms with Gasteiger partial charge in [-0.15, -0.1) is 0 Å². The first-order valence-corrected chi connectivity index (χ1v) is 13.5. The Balaban J connectivity index is 1.28. The number of rotatable bonds is 7. The lowest BCUT2D eigenvalue weighted by molar-refractivity contribution is -0.383. The summed E-state index contributed by atoms with van der Waals surface area (Å²) in [6.07, 6.45) is 1.08. The number of thiocarbonyl (C=S) groups is 1. The van der Waals surface area contributed by atoms with Crippen molar-refractivity contribution in [3.05, 3.63) is 65.0 Å². The minimum atomic E-state index is -4.02. The smallest absolute Gasteiger partial charge is 0.296 e. The van der Waals surface area contributed by atoms with Crippen LogP contribution in [0.15, 0.2) is 59.8 Å². The molecule has 0 aliphatic carbocycles. The summed E-state index contributed by atoms with van der Waals surface area (Å²) in [4.78, 5) is 39.5. The highest BCUT2D eigenvalue weighted by atomic mass is 32.2. The van der Waals surface area contributed by atoms with Crippen molar-refractivity contribution >= 4 is 88.6 Å². The summed E-state index contributed by atoms with van der Waals surface area (Å²) in [5, 5.41) is 19.3. The quantitative estimate of drug-likeness (QED) is 0.123. The van der Waals surface area contributed by atoms with Crippen LogP contribution in [0.4, 0.5) is 22.6 Å². The van der Waals surface area contributed by atoms with Crippen molar-refractivity contribution < 1.29 is 18.1 Å². The highest BCUT2D eigenvalue weighted by Gasteiger charge is 2.23. The number of nitrogen functional groups attached to an aromatic ring is 1. The number of carbonyl (C=O) groups excluding carboxylic acids is 1. The molecule has 5 rings (SSSR count). The predicted octanol–water partition coefficient (Wildman–Crippen LogP) is 2.09. The maximum atomic E-state index is 13.1. The van der Waals surface area contributed by atoms with Gasteiger partial charge in [0.25, 0.3) is 15.7 Å². The summed E-state index contributed by atoms with van der Waals surface area (Å²) in [6.45, 7) is -0.336. The maximum absolute atomic E-state index is 13.1. The number of thiazole rings is 1. The van der Waals surface area contributed by atoms with E-state index in [4.69, 9.17) is 18.0 Å². The summed E-state index contributed by atoms with van der Waals surface area (Å²) >= 11 is 6.28. The molecule has 0 saturated heterocycles. The zero-order valence-electron chi connectivity index (χ0n) is 19.4. The SMILES string of the molecule is Nc1nc(NCC(=O)NC(=S)Nc2nc3c([N+](=O)[O-])cccc3s2)c2ncn(S(=O)(=O)c3ccccc3)c2n1. The number of aromatic nitrogens is 5. The number of non-ortho nitro benzene ring substituents is 1. The lowest BCUT2D eigenvalue weighted by atomic mass is 10.3. The number of nitrogens with two attached hydrogens (primary N) is 1. The monoisotopic (exact) mass is 584 g/mol. The topological polar surface area (TPSA) is 213 Å². The summed E-state index contributed by atoms with van der Waals surface area (Å²) in [5.74, 6) is -0.786. The molecule has 3 heterocycles. The van der Waals surface area contributed by atoms with Gasteiger partial charge in [-0.25, -0.2) is 22.4 Å². The van der Waals surface area contributed by atoms with Gasteiger partial charge in [0.1, 0.15) is 6.33 Å². The van der Waals surface area contributed by atoms with Gasteiger partial charge in [-0.2, -0.15) is 9.97 Å². The molecule has 198 valence electrons. The van der Waals surface area contributed by atoms with E-state index in [2.05, 4.69) is 35.9 Å². The van der Waals surface area contributed by atoms with Gasteiger partial charge in [0.2, 0.25) is 11.9 Å². The van der Waals surface area contributed by atoms with Gasteiger partial charge in [0.15, 0.2) is 32.7 Å². The summed E-state index contributed by atoms with van der Waals surface area (Å²) in [5.41, 5.74) is 5.85. The Labute approximate surface area is 228 Å². The van der Waals surface area contributed by atoms with Crippen molar-refractivity contribution in [3.8, 4) is 0 Å². The normalized spacial score (nSPS) is 11.4. The Bertz CT molecular complexity index is 1870. The molecule has 39 heavy (non-hydrogen) atoms. The average Bonchev–Trinajstić information content (AvgIpc) is 3.51. The van der Waals surface area contributed by atoms with Gasteiger partial charge in [-0.1, -0.05) is 35.6 Å². The molecular formula is C21H16N10O5S3. The van der Waals surface area contributed by atoms with Crippen LogP contribution in [0.2, 0.25) is 0 Å². The van der Waals surface area contributed by atoms with Crippen molar-refractivity contribution in [1.82, 2.24) is 29.2 Å². The van der Waals surface area contributed by atoms with Gasteiger partial charge in [0, 0.05) is 6.07 Å². The van der Waals surface area contributed by atoms with Crippen LogP contribution in [0, 0.1) is 10.1 Å². The Morgan fingerprint density at radius 2 is 1.87 bits per heavy atom. The number of nitro groups is 1. The number of nitrogens with one attached hydrogen (secondary N) is 3. The number of nitrogens with zero attached hydrogens (tertiary/aromatic N) is 6. The molecule has 0 radical (unpaired) electrons. The molecule has 15 nitrogen and oxygen atoms in total. The second kappa shape index (κ2) is 10.2. The van der Waals surface area contributed by atoms with Crippen molar-refractivity contribution in [2.75, 3.05) is 22.9 Å². The molecule has 0 aliphatic rings. The Morgan fingerprint density at radius 3 is 2.62 bits per heavy atom. The van der Waals surface area contributed by atoms with Gasteiger partial charge < -0.3 is 21.7 Å². The molecule has 5 N–H and O–H groups in total. The minimum Gasteiger partial charge on any atom is -0.368 e. The molecule has 1 amide bonds. The molecule has 0 spiro atoms. The number of fused-ring (bicyclic) bond motifs is 2. The Morgan fingerprint density at radius 1 is 1.10 bits per heavy atom. The van der Waals surface area contributed by atoms with E-state index < -0.39 is 20.9 Å². The highest BCUT2D eigenvalue weighted by Crippen LogP contribution is 2.32. The molecule has 5 aromatic rings. The molecule has 2 aromatic carbocycles. The van der Waals surface area contributed by atoms with Gasteiger partial charge >= 0.3 is 0 Å². The fourth-order valence-electron chi connectivity index (χ4n) is 3.50. The molecule has 0 atom stereocenters. The van der Waals surface area contributed by atoms with E-state index in [1.54, 1.807) is 30.3 Å². The first-order valence-electron chi connectivity index (χ1n) is 10.8. The van der Waals surface area contributed by atoms with Crippen LogP contribution < -0.4 is 21.7 Å². The molecular weight excluding hydrogens is 568 g/mol. The number of imidazole rings is 1. The third-order valence-corrected chi connectivity index (χ3v) is 7.96. The van der Waals surface area contributed by atoms with Crippen LogP contribution in [0.1, 0.15) is 0 Å². The van der Waals surface area contributed by atoms with E-state index in [1.807, 2.05) is 0 Å². The van der Waals surface area contributed by atoms with Crippen molar-refractivity contribution in [1.29, 1.82) is 0 Å². The van der Waals surface area contributed by atoms with E-state index in [-0.39, 0.29) is 55.8 Å². The molecule has 0 bridgehead atoms. The molecule has 18 heteroatoms. The summed E-state index contributed by atoms with van der Waals surface area (Å²) in [6, 6.07) is 12.3. The van der Waals surface area contributed by atoms with Crippen molar-refractivity contribution in [3.63, 3.8) is 0 Å². The first kappa shape index (κ1) is 25.8. The zero-order chi connectivity index (χ0) is 27.7. The average molecular weight is 585 g/mol. The molecule has 0 saturated carbocycles. The summed E-state index contributed by atoms with van der Waals surface area (Å²) < 4.78 is 27.6. The van der Waals surface area contributed by atoms with E-state index in [9.17, 15) is 23.3 Å². The van der Waals surface area contributed by atoms with Gasteiger partial charge in [0.05, 0.1) is 21.1 Å². The third-order valence-electron chi connectivity index (χ3n) is 5.17. The predicted molar refractivity (Wildman–Crippen MR) is 148 cm³/mol. The largest absolute Gasteiger partial charge is 0.368 e. The van der Waals surface area contributed by atoms with Crippen LogP contribution >= 0.6 is 23.6 Å². The van der Waals surface area contributed by atoms with E-state index >= 15 is 0 Å². The molecule has 0 aliphatic heterocycles. The number of hydrogen-bond acceptors (Lipinski definition) is 13. The summed E-state index contributed by atoms with van der Waals surface area (Å²) in [7, 11) is -4.02. The zero-order valence-corrected chi connectivity index (χ0v) is 21.9. The first-order chi connectivity index (χ1) is 18.6. The molecule has 0 fully saturated rings. The lowest BCUT2D eigenvalue weighted by Gasteiger charge is -2.10. The number of benzene rings is 2. The fourth-order valence-corrected chi connectivity index (χ4v) is 5.92. The number of nitro benzene ring substituents is 1. The van der Waals surface area contributed by atoms with Crippen LogP contribution in [0.3, 0.4) is 0 Å². The van der Waals surface area contributed by atoms with E-state index in [0.29, 0.717) is 4.70 Å². The van der Waals surface area contributed by atoms with E-state index in [1.165, 1.54) is 18.2 Å².